The Morgan fingerprint density at radius 1 is 1.06 bits per heavy atom. The second-order valence-electron chi connectivity index (χ2n) is 7.87. The van der Waals surface area contributed by atoms with Crippen molar-refractivity contribution in [3.63, 3.8) is 0 Å². The van der Waals surface area contributed by atoms with E-state index in [1.54, 1.807) is 43.3 Å². The van der Waals surface area contributed by atoms with Crippen molar-refractivity contribution in [2.24, 2.45) is 0 Å². The highest BCUT2D eigenvalue weighted by molar-refractivity contribution is 7.89. The molecule has 4 rings (SSSR count). The molecule has 8 heteroatoms. The Labute approximate surface area is 193 Å². The largest absolute Gasteiger partial charge is 0.489 e. The van der Waals surface area contributed by atoms with Crippen molar-refractivity contribution in [2.45, 2.75) is 32.5 Å². The molecule has 33 heavy (non-hydrogen) atoms. The van der Waals surface area contributed by atoms with Crippen LogP contribution in [-0.2, 0) is 34.4 Å². The van der Waals surface area contributed by atoms with Crippen LogP contribution >= 0.6 is 0 Å². The molecule has 0 spiro atoms. The number of amides is 1. The van der Waals surface area contributed by atoms with E-state index in [1.165, 1.54) is 16.4 Å². The number of ether oxygens (including phenoxy) is 1. The lowest BCUT2D eigenvalue weighted by atomic mass is 9.95. The molecular formula is C25H25FN2O4S. The number of benzene rings is 3. The molecule has 0 aromatic heterocycles. The highest BCUT2D eigenvalue weighted by Crippen LogP contribution is 2.27. The molecule has 1 aliphatic rings. The van der Waals surface area contributed by atoms with Crippen LogP contribution in [0.2, 0.25) is 0 Å². The van der Waals surface area contributed by atoms with Gasteiger partial charge in [0.1, 0.15) is 24.2 Å². The molecule has 1 aliphatic heterocycles. The molecule has 0 bridgehead atoms. The van der Waals surface area contributed by atoms with Crippen LogP contribution in [0.4, 0.5) is 10.1 Å². The van der Waals surface area contributed by atoms with Gasteiger partial charge in [0, 0.05) is 18.3 Å². The zero-order valence-electron chi connectivity index (χ0n) is 18.2. The third kappa shape index (κ3) is 5.40. The maximum Gasteiger partial charge on any atom is 0.243 e. The number of nitrogens with zero attached hydrogens (tertiary/aromatic N) is 1. The summed E-state index contributed by atoms with van der Waals surface area (Å²) in [4.78, 5) is 13.2. The molecule has 1 heterocycles. The Bertz CT molecular complexity index is 1250. The second kappa shape index (κ2) is 9.72. The molecule has 1 amide bonds. The third-order valence-corrected chi connectivity index (χ3v) is 7.48. The summed E-state index contributed by atoms with van der Waals surface area (Å²) >= 11 is 0. The number of nitrogens with one attached hydrogen (secondary N) is 1. The van der Waals surface area contributed by atoms with Crippen LogP contribution in [0.15, 0.2) is 72.8 Å². The molecule has 0 unspecified atom stereocenters. The van der Waals surface area contributed by atoms with Crippen molar-refractivity contribution >= 4 is 21.6 Å². The number of carbonyl (C=O) groups is 1. The predicted octanol–water partition coefficient (Wildman–Crippen LogP) is 4.12. The summed E-state index contributed by atoms with van der Waals surface area (Å²) in [5.74, 6) is -0.250. The van der Waals surface area contributed by atoms with Gasteiger partial charge in [0.25, 0.3) is 0 Å². The number of carbonyl (C=O) groups excluding carboxylic acids is 1. The van der Waals surface area contributed by atoms with E-state index >= 15 is 0 Å². The summed E-state index contributed by atoms with van der Waals surface area (Å²) in [6.07, 6.45) is 0.308. The molecule has 3 aromatic carbocycles. The van der Waals surface area contributed by atoms with Gasteiger partial charge in [-0.05, 0) is 54.3 Å². The van der Waals surface area contributed by atoms with Crippen molar-refractivity contribution in [1.29, 1.82) is 0 Å². The van der Waals surface area contributed by atoms with Crippen molar-refractivity contribution in [3.05, 3.63) is 95.3 Å². The lowest BCUT2D eigenvalue weighted by Crippen LogP contribution is -2.51. The Balaban J connectivity index is 1.49. The lowest BCUT2D eigenvalue weighted by molar-refractivity contribution is -0.120. The molecule has 0 radical (unpaired) electrons. The average Bonchev–Trinajstić information content (AvgIpc) is 2.83. The Hall–Kier alpha value is -3.23. The van der Waals surface area contributed by atoms with Gasteiger partial charge < -0.3 is 10.1 Å². The fraction of sp³-hybridized carbons (Fsp3) is 0.240. The van der Waals surface area contributed by atoms with E-state index in [1.807, 2.05) is 24.3 Å². The molecule has 0 aliphatic carbocycles. The first kappa shape index (κ1) is 22.9. The van der Waals surface area contributed by atoms with E-state index in [4.69, 9.17) is 4.74 Å². The number of rotatable bonds is 7. The second-order valence-corrected chi connectivity index (χ2v) is 10.1. The molecule has 0 fully saturated rings. The van der Waals surface area contributed by atoms with Gasteiger partial charge in [0.15, 0.2) is 0 Å². The van der Waals surface area contributed by atoms with E-state index in [0.29, 0.717) is 17.9 Å². The third-order valence-electron chi connectivity index (χ3n) is 5.65. The lowest BCUT2D eigenvalue weighted by Gasteiger charge is -2.34. The number of sulfonamides is 1. The first-order valence-electron chi connectivity index (χ1n) is 10.7. The van der Waals surface area contributed by atoms with Gasteiger partial charge in [-0.2, -0.15) is 4.31 Å². The minimum Gasteiger partial charge on any atom is -0.489 e. The van der Waals surface area contributed by atoms with Crippen molar-refractivity contribution in [3.8, 4) is 5.75 Å². The first-order valence-corrected chi connectivity index (χ1v) is 12.3. The summed E-state index contributed by atoms with van der Waals surface area (Å²) in [7, 11) is -3.58. The van der Waals surface area contributed by atoms with Gasteiger partial charge >= 0.3 is 0 Å². The topological polar surface area (TPSA) is 75.7 Å². The summed E-state index contributed by atoms with van der Waals surface area (Å²) in [5, 5.41) is 2.84. The SMILES string of the molecule is CCS(=O)(=O)N1Cc2ccccc2C[C@H]1C(=O)Nc1cccc(OCc2ccc(F)cc2)c1. The van der Waals surface area contributed by atoms with Crippen LogP contribution in [0.3, 0.4) is 0 Å². The molecule has 0 saturated heterocycles. The number of halogens is 1. The number of hydrogen-bond donors (Lipinski definition) is 1. The zero-order chi connectivity index (χ0) is 23.4. The highest BCUT2D eigenvalue weighted by atomic mass is 32.2. The van der Waals surface area contributed by atoms with Gasteiger partial charge in [-0.15, -0.1) is 0 Å². The summed E-state index contributed by atoms with van der Waals surface area (Å²) < 4.78 is 45.6. The number of fused-ring (bicyclic) bond motifs is 1. The molecule has 1 atom stereocenters. The molecular weight excluding hydrogens is 443 g/mol. The summed E-state index contributed by atoms with van der Waals surface area (Å²) in [6.45, 7) is 2.00. The van der Waals surface area contributed by atoms with Crippen molar-refractivity contribution in [2.75, 3.05) is 11.1 Å². The molecule has 172 valence electrons. The number of hydrogen-bond acceptors (Lipinski definition) is 4. The monoisotopic (exact) mass is 468 g/mol. The van der Waals surface area contributed by atoms with Crippen LogP contribution in [-0.4, -0.2) is 30.4 Å². The molecule has 3 aromatic rings. The minimum atomic E-state index is -3.58. The van der Waals surface area contributed by atoms with Crippen LogP contribution in [0.5, 0.6) is 5.75 Å². The maximum atomic E-state index is 13.2. The van der Waals surface area contributed by atoms with E-state index < -0.39 is 22.0 Å². The van der Waals surface area contributed by atoms with Crippen LogP contribution in [0.25, 0.3) is 0 Å². The zero-order valence-corrected chi connectivity index (χ0v) is 19.0. The van der Waals surface area contributed by atoms with E-state index in [-0.39, 0.29) is 24.7 Å². The molecule has 6 nitrogen and oxygen atoms in total. The highest BCUT2D eigenvalue weighted by Gasteiger charge is 2.37. The Morgan fingerprint density at radius 3 is 2.52 bits per heavy atom. The van der Waals surface area contributed by atoms with Gasteiger partial charge in [-0.25, -0.2) is 12.8 Å². The van der Waals surface area contributed by atoms with Crippen LogP contribution < -0.4 is 10.1 Å². The summed E-state index contributed by atoms with van der Waals surface area (Å²) in [6, 6.07) is 19.7. The van der Waals surface area contributed by atoms with Gasteiger partial charge in [-0.1, -0.05) is 42.5 Å². The van der Waals surface area contributed by atoms with Crippen molar-refractivity contribution in [1.82, 2.24) is 4.31 Å². The van der Waals surface area contributed by atoms with E-state index in [2.05, 4.69) is 5.32 Å². The standard InChI is InChI=1S/C25H25FN2O4S/c1-2-33(30,31)28-16-20-7-4-3-6-19(20)14-24(28)25(29)27-22-8-5-9-23(15-22)32-17-18-10-12-21(26)13-11-18/h3-13,15,24H,2,14,16-17H2,1H3,(H,27,29)/t24-/m0/s1. The Kier molecular flexibility index (Phi) is 6.76. The first-order chi connectivity index (χ1) is 15.9. The maximum absolute atomic E-state index is 13.2. The fourth-order valence-corrected chi connectivity index (χ4v) is 5.04. The quantitative estimate of drug-likeness (QED) is 0.566. The average molecular weight is 469 g/mol. The van der Waals surface area contributed by atoms with Crippen molar-refractivity contribution < 1.29 is 22.3 Å². The minimum absolute atomic E-state index is 0.0777. The normalized spacial score (nSPS) is 16.1. The number of anilines is 1. The van der Waals surface area contributed by atoms with Gasteiger partial charge in [0.05, 0.1) is 5.75 Å². The van der Waals surface area contributed by atoms with Gasteiger partial charge in [0.2, 0.25) is 15.9 Å². The molecule has 0 saturated carbocycles. The van der Waals surface area contributed by atoms with E-state index in [9.17, 15) is 17.6 Å². The van der Waals surface area contributed by atoms with Crippen LogP contribution in [0.1, 0.15) is 23.6 Å². The Morgan fingerprint density at radius 2 is 1.79 bits per heavy atom. The summed E-state index contributed by atoms with van der Waals surface area (Å²) in [5.41, 5.74) is 3.20. The predicted molar refractivity (Wildman–Crippen MR) is 125 cm³/mol. The molecule has 1 N–H and O–H groups in total. The van der Waals surface area contributed by atoms with Gasteiger partial charge in [-0.3, -0.25) is 4.79 Å². The van der Waals surface area contributed by atoms with E-state index in [0.717, 1.165) is 16.7 Å². The fourth-order valence-electron chi connectivity index (χ4n) is 3.82. The van der Waals surface area contributed by atoms with Crippen LogP contribution in [0, 0.1) is 5.82 Å². The smallest absolute Gasteiger partial charge is 0.243 e.